The van der Waals surface area contributed by atoms with Gasteiger partial charge in [-0.2, -0.15) is 0 Å². The molecule has 1 N–H and O–H groups in total. The predicted octanol–water partition coefficient (Wildman–Crippen LogP) is 4.39. The van der Waals surface area contributed by atoms with Crippen LogP contribution in [0.25, 0.3) is 38.9 Å². The zero-order valence-corrected chi connectivity index (χ0v) is 17.8. The van der Waals surface area contributed by atoms with Gasteiger partial charge in [0.05, 0.1) is 47.2 Å². The summed E-state index contributed by atoms with van der Waals surface area (Å²) >= 11 is 0. The maximum absolute atomic E-state index is 14.9. The van der Waals surface area contributed by atoms with E-state index >= 15 is 0 Å². The van der Waals surface area contributed by atoms with Gasteiger partial charge in [0.25, 0.3) is 0 Å². The first-order valence-corrected chi connectivity index (χ1v) is 10.7. The molecule has 7 nitrogen and oxygen atoms in total. The number of rotatable bonds is 3. The molecular weight excluding hydrogens is 426 g/mol. The molecule has 5 aromatic rings. The van der Waals surface area contributed by atoms with Crippen LogP contribution in [0.4, 0.5) is 14.5 Å². The molecular formula is C24H20F2N6O. The predicted molar refractivity (Wildman–Crippen MR) is 122 cm³/mol. The summed E-state index contributed by atoms with van der Waals surface area (Å²) in [5.74, 6) is -0.308. The largest absolute Gasteiger partial charge is 0.378 e. The zero-order chi connectivity index (χ0) is 22.5. The van der Waals surface area contributed by atoms with E-state index in [2.05, 4.69) is 30.9 Å². The van der Waals surface area contributed by atoms with Crippen LogP contribution >= 0.6 is 0 Å². The second-order valence-corrected chi connectivity index (χ2v) is 8.04. The quantitative estimate of drug-likeness (QED) is 0.445. The van der Waals surface area contributed by atoms with Crippen molar-refractivity contribution in [2.45, 2.75) is 6.92 Å². The van der Waals surface area contributed by atoms with E-state index in [-0.39, 0.29) is 10.9 Å². The van der Waals surface area contributed by atoms with E-state index in [0.717, 1.165) is 59.0 Å². The highest BCUT2D eigenvalue weighted by atomic mass is 19.1. The van der Waals surface area contributed by atoms with Crippen molar-refractivity contribution < 1.29 is 13.5 Å². The van der Waals surface area contributed by atoms with Gasteiger partial charge in [-0.3, -0.25) is 9.55 Å². The summed E-state index contributed by atoms with van der Waals surface area (Å²) in [6.45, 7) is 4.72. The van der Waals surface area contributed by atoms with Gasteiger partial charge in [0.2, 0.25) is 0 Å². The minimum atomic E-state index is -0.569. The van der Waals surface area contributed by atoms with Gasteiger partial charge in [-0.1, -0.05) is 0 Å². The number of imidazole rings is 2. The summed E-state index contributed by atoms with van der Waals surface area (Å²) in [5.41, 5.74) is 4.70. The Morgan fingerprint density at radius 2 is 1.79 bits per heavy atom. The lowest BCUT2D eigenvalue weighted by molar-refractivity contribution is 0.122. The van der Waals surface area contributed by atoms with Crippen LogP contribution in [0.2, 0.25) is 0 Å². The van der Waals surface area contributed by atoms with Crippen molar-refractivity contribution in [2.75, 3.05) is 31.2 Å². The normalized spacial score (nSPS) is 14.5. The first kappa shape index (κ1) is 19.8. The lowest BCUT2D eigenvalue weighted by atomic mass is 10.1. The van der Waals surface area contributed by atoms with Crippen molar-refractivity contribution in [3.8, 4) is 16.9 Å². The van der Waals surface area contributed by atoms with Gasteiger partial charge < -0.3 is 14.6 Å². The average molecular weight is 446 g/mol. The van der Waals surface area contributed by atoms with Crippen LogP contribution in [0.1, 0.15) is 5.82 Å². The Morgan fingerprint density at radius 1 is 0.970 bits per heavy atom. The fraction of sp³-hybridized carbons (Fsp3) is 0.208. The molecule has 1 saturated heterocycles. The maximum Gasteiger partial charge on any atom is 0.149 e. The van der Waals surface area contributed by atoms with Crippen LogP contribution in [0.15, 0.2) is 49.1 Å². The lowest BCUT2D eigenvalue weighted by Crippen LogP contribution is -2.36. The number of aromatic nitrogens is 5. The molecule has 0 bridgehead atoms. The third-order valence-electron chi connectivity index (χ3n) is 6.04. The van der Waals surface area contributed by atoms with E-state index in [0.29, 0.717) is 18.9 Å². The van der Waals surface area contributed by atoms with Gasteiger partial charge in [-0.25, -0.2) is 18.7 Å². The van der Waals surface area contributed by atoms with E-state index in [1.54, 1.807) is 23.2 Å². The number of ether oxygens (including phenoxy) is 1. The summed E-state index contributed by atoms with van der Waals surface area (Å²) in [4.78, 5) is 18.6. The highest BCUT2D eigenvalue weighted by molar-refractivity contribution is 5.97. The Morgan fingerprint density at radius 3 is 2.58 bits per heavy atom. The number of fused-ring (bicyclic) bond motifs is 2. The molecule has 1 aliphatic heterocycles. The maximum atomic E-state index is 14.9. The van der Waals surface area contributed by atoms with Gasteiger partial charge in [-0.05, 0) is 37.3 Å². The molecule has 0 atom stereocenters. The molecule has 1 fully saturated rings. The first-order valence-electron chi connectivity index (χ1n) is 10.7. The molecule has 0 saturated carbocycles. The van der Waals surface area contributed by atoms with E-state index in [9.17, 15) is 8.78 Å². The molecule has 9 heteroatoms. The number of nitrogens with one attached hydrogen (secondary N) is 1. The van der Waals surface area contributed by atoms with Crippen LogP contribution < -0.4 is 4.90 Å². The van der Waals surface area contributed by atoms with Crippen molar-refractivity contribution in [1.82, 2.24) is 24.5 Å². The fourth-order valence-corrected chi connectivity index (χ4v) is 4.44. The van der Waals surface area contributed by atoms with Crippen LogP contribution in [0, 0.1) is 18.6 Å². The van der Waals surface area contributed by atoms with Crippen molar-refractivity contribution in [2.24, 2.45) is 0 Å². The second-order valence-electron chi connectivity index (χ2n) is 8.04. The molecule has 0 aliphatic carbocycles. The van der Waals surface area contributed by atoms with Gasteiger partial charge in [0.1, 0.15) is 29.3 Å². The van der Waals surface area contributed by atoms with Crippen molar-refractivity contribution >= 4 is 27.6 Å². The Balaban J connectivity index is 1.64. The summed E-state index contributed by atoms with van der Waals surface area (Å²) in [7, 11) is 0. The third-order valence-corrected chi connectivity index (χ3v) is 6.04. The fourth-order valence-electron chi connectivity index (χ4n) is 4.44. The van der Waals surface area contributed by atoms with E-state index in [1.165, 1.54) is 6.20 Å². The van der Waals surface area contributed by atoms with Crippen LogP contribution in [0.3, 0.4) is 0 Å². The van der Waals surface area contributed by atoms with E-state index in [1.807, 2.05) is 13.0 Å². The van der Waals surface area contributed by atoms with Crippen LogP contribution in [0.5, 0.6) is 0 Å². The SMILES string of the molecule is Cc1ncc(-c2cc(N3CCOCC3)cc3c2ncn3-c2ccnc3c(F)ccc(F)c23)[nH]1. The number of hydrogen-bond donors (Lipinski definition) is 1. The summed E-state index contributed by atoms with van der Waals surface area (Å²) < 4.78 is 36.6. The molecule has 0 radical (unpaired) electrons. The number of aromatic amines is 1. The molecule has 0 unspecified atom stereocenters. The number of H-pyrrole nitrogens is 1. The summed E-state index contributed by atoms with van der Waals surface area (Å²) in [6, 6.07) is 8.01. The standard InChI is InChI=1S/C24H20F2N6O/c1-14-28-12-19(30-14)16-10-15(31-6-8-33-9-7-31)11-21-23(16)29-13-32(21)20-4-5-27-24-18(26)3-2-17(25)22(20)24/h2-5,10-13H,6-9H2,1H3,(H,28,30). The van der Waals surface area contributed by atoms with Gasteiger partial charge >= 0.3 is 0 Å². The molecule has 3 aromatic heterocycles. The Hall–Kier alpha value is -3.85. The van der Waals surface area contributed by atoms with Crippen molar-refractivity contribution in [1.29, 1.82) is 0 Å². The number of aryl methyl sites for hydroxylation is 1. The molecule has 6 rings (SSSR count). The zero-order valence-electron chi connectivity index (χ0n) is 17.8. The van der Waals surface area contributed by atoms with E-state index in [4.69, 9.17) is 4.74 Å². The number of morpholine rings is 1. The second kappa shape index (κ2) is 7.63. The summed E-state index contributed by atoms with van der Waals surface area (Å²) in [6.07, 6.45) is 4.90. The Labute approximate surface area is 187 Å². The first-order chi connectivity index (χ1) is 16.1. The number of nitrogens with zero attached hydrogens (tertiary/aromatic N) is 5. The lowest BCUT2D eigenvalue weighted by Gasteiger charge is -2.29. The Kier molecular flexibility index (Phi) is 4.58. The monoisotopic (exact) mass is 446 g/mol. The topological polar surface area (TPSA) is 71.9 Å². The highest BCUT2D eigenvalue weighted by Gasteiger charge is 2.20. The average Bonchev–Trinajstić information content (AvgIpc) is 3.47. The number of hydrogen-bond acceptors (Lipinski definition) is 5. The molecule has 1 aliphatic rings. The minimum Gasteiger partial charge on any atom is -0.378 e. The molecule has 4 heterocycles. The number of pyridine rings is 1. The highest BCUT2D eigenvalue weighted by Crippen LogP contribution is 2.35. The molecule has 0 spiro atoms. The van der Waals surface area contributed by atoms with Crippen molar-refractivity contribution in [3.05, 3.63) is 66.5 Å². The van der Waals surface area contributed by atoms with Gasteiger partial charge in [0.15, 0.2) is 0 Å². The molecule has 0 amide bonds. The summed E-state index contributed by atoms with van der Waals surface area (Å²) in [5, 5.41) is 0.118. The Bertz CT molecular complexity index is 1500. The van der Waals surface area contributed by atoms with Crippen LogP contribution in [-0.4, -0.2) is 50.8 Å². The minimum absolute atomic E-state index is 0.0110. The third kappa shape index (κ3) is 3.23. The van der Waals surface area contributed by atoms with Gasteiger partial charge in [0, 0.05) is 30.5 Å². The van der Waals surface area contributed by atoms with Crippen molar-refractivity contribution in [3.63, 3.8) is 0 Å². The number of benzene rings is 2. The number of anilines is 1. The molecule has 2 aromatic carbocycles. The molecule has 166 valence electrons. The van der Waals surface area contributed by atoms with Gasteiger partial charge in [-0.15, -0.1) is 0 Å². The smallest absolute Gasteiger partial charge is 0.149 e. The van der Waals surface area contributed by atoms with E-state index < -0.39 is 11.6 Å². The number of halogens is 2. The van der Waals surface area contributed by atoms with Crippen LogP contribution in [-0.2, 0) is 4.74 Å². The molecule has 33 heavy (non-hydrogen) atoms.